The summed E-state index contributed by atoms with van der Waals surface area (Å²) in [5, 5.41) is 6.76. The van der Waals surface area contributed by atoms with E-state index in [9.17, 15) is 4.39 Å². The monoisotopic (exact) mass is 348 g/mol. The van der Waals surface area contributed by atoms with Gasteiger partial charge in [0.2, 0.25) is 5.95 Å². The van der Waals surface area contributed by atoms with Crippen molar-refractivity contribution in [2.24, 2.45) is 0 Å². The molecule has 0 spiro atoms. The van der Waals surface area contributed by atoms with E-state index in [1.54, 1.807) is 25.3 Å². The predicted octanol–water partition coefficient (Wildman–Crippen LogP) is 3.78. The number of hydrogen-bond donors (Lipinski definition) is 1. The third kappa shape index (κ3) is 3.12. The van der Waals surface area contributed by atoms with E-state index in [0.717, 1.165) is 0 Å². The van der Waals surface area contributed by atoms with Crippen molar-refractivity contribution in [3.63, 3.8) is 0 Å². The van der Waals surface area contributed by atoms with Crippen LogP contribution >= 0.6 is 0 Å². The lowest BCUT2D eigenvalue weighted by Gasteiger charge is -2.08. The highest BCUT2D eigenvalue weighted by Gasteiger charge is 2.10. The van der Waals surface area contributed by atoms with E-state index in [2.05, 4.69) is 30.4 Å². The first kappa shape index (κ1) is 15.8. The summed E-state index contributed by atoms with van der Waals surface area (Å²) < 4.78 is 19.0. The van der Waals surface area contributed by atoms with Gasteiger partial charge in [-0.2, -0.15) is 0 Å². The maximum Gasteiger partial charge on any atom is 0.227 e. The number of pyridine rings is 2. The van der Waals surface area contributed by atoms with E-state index in [0.29, 0.717) is 28.5 Å². The molecule has 4 rings (SSSR count). The summed E-state index contributed by atoms with van der Waals surface area (Å²) in [4.78, 5) is 17.0. The van der Waals surface area contributed by atoms with Crippen LogP contribution in [0.3, 0.4) is 0 Å². The topological polar surface area (TPSA) is 89.6 Å². The second kappa shape index (κ2) is 6.67. The van der Waals surface area contributed by atoms with Crippen LogP contribution in [0.1, 0.15) is 5.69 Å². The van der Waals surface area contributed by atoms with Gasteiger partial charge in [-0.1, -0.05) is 11.2 Å². The fourth-order valence-corrected chi connectivity index (χ4v) is 2.39. The van der Waals surface area contributed by atoms with Crippen molar-refractivity contribution in [2.75, 3.05) is 5.32 Å². The molecule has 0 saturated carbocycles. The minimum absolute atomic E-state index is 0.263. The largest absolute Gasteiger partial charge is 0.364 e. The van der Waals surface area contributed by atoms with Gasteiger partial charge < -0.3 is 9.84 Å². The Morgan fingerprint density at radius 2 is 1.65 bits per heavy atom. The number of aryl methyl sites for hydroxylation is 1. The van der Waals surface area contributed by atoms with Crippen molar-refractivity contribution < 1.29 is 8.91 Å². The van der Waals surface area contributed by atoms with Gasteiger partial charge in [0.1, 0.15) is 12.0 Å². The molecule has 26 heavy (non-hydrogen) atoms. The summed E-state index contributed by atoms with van der Waals surface area (Å²) in [6, 6.07) is 10.5. The van der Waals surface area contributed by atoms with Crippen LogP contribution in [0.2, 0.25) is 0 Å². The molecule has 7 nitrogen and oxygen atoms in total. The lowest BCUT2D eigenvalue weighted by molar-refractivity contribution is 0.422. The van der Waals surface area contributed by atoms with Crippen LogP contribution in [0.4, 0.5) is 16.0 Å². The first-order chi connectivity index (χ1) is 12.7. The van der Waals surface area contributed by atoms with Crippen LogP contribution in [-0.2, 0) is 0 Å². The quantitative estimate of drug-likeness (QED) is 0.600. The standard InChI is InChI=1S/C18H13FN6O/c1-11-17(19)16(6-8-20-11)24-18-21-9-5-14(23-18)12-3-2-4-13(22-12)15-7-10-26-25-15/h2-10H,1H3,(H,20,21,23,24). The molecule has 0 aliphatic carbocycles. The van der Waals surface area contributed by atoms with E-state index in [1.165, 1.54) is 18.5 Å². The molecule has 0 unspecified atom stereocenters. The second-order valence-corrected chi connectivity index (χ2v) is 5.44. The average molecular weight is 348 g/mol. The van der Waals surface area contributed by atoms with Crippen LogP contribution in [0, 0.1) is 12.7 Å². The van der Waals surface area contributed by atoms with Crippen molar-refractivity contribution in [3.8, 4) is 22.8 Å². The Bertz CT molecular complexity index is 1050. The van der Waals surface area contributed by atoms with E-state index < -0.39 is 5.82 Å². The number of rotatable bonds is 4. The van der Waals surface area contributed by atoms with E-state index in [-0.39, 0.29) is 11.6 Å². The Morgan fingerprint density at radius 3 is 2.46 bits per heavy atom. The summed E-state index contributed by atoms with van der Waals surface area (Å²) in [6.45, 7) is 1.59. The third-order valence-corrected chi connectivity index (χ3v) is 3.68. The summed E-state index contributed by atoms with van der Waals surface area (Å²) in [6.07, 6.45) is 4.59. The highest BCUT2D eigenvalue weighted by molar-refractivity contribution is 5.63. The molecule has 0 fully saturated rings. The van der Waals surface area contributed by atoms with Gasteiger partial charge in [0.15, 0.2) is 5.82 Å². The molecule has 0 atom stereocenters. The molecular weight excluding hydrogens is 335 g/mol. The molecule has 0 radical (unpaired) electrons. The van der Waals surface area contributed by atoms with Crippen LogP contribution in [-0.4, -0.2) is 25.1 Å². The molecule has 4 aromatic rings. The first-order valence-corrected chi connectivity index (χ1v) is 7.80. The molecule has 0 aliphatic heterocycles. The second-order valence-electron chi connectivity index (χ2n) is 5.44. The van der Waals surface area contributed by atoms with Gasteiger partial charge in [-0.15, -0.1) is 0 Å². The van der Waals surface area contributed by atoms with E-state index >= 15 is 0 Å². The molecule has 8 heteroatoms. The summed E-state index contributed by atoms with van der Waals surface area (Å²) >= 11 is 0. The van der Waals surface area contributed by atoms with Crippen molar-refractivity contribution >= 4 is 11.6 Å². The Hall–Kier alpha value is -3.68. The van der Waals surface area contributed by atoms with Crippen LogP contribution in [0.25, 0.3) is 22.8 Å². The number of halogens is 1. The normalized spacial score (nSPS) is 10.7. The van der Waals surface area contributed by atoms with Crippen molar-refractivity contribution in [3.05, 3.63) is 66.6 Å². The highest BCUT2D eigenvalue weighted by atomic mass is 19.1. The maximum atomic E-state index is 14.1. The van der Waals surface area contributed by atoms with Gasteiger partial charge >= 0.3 is 0 Å². The minimum atomic E-state index is -0.437. The summed E-state index contributed by atoms with van der Waals surface area (Å²) in [7, 11) is 0. The molecule has 0 amide bonds. The van der Waals surface area contributed by atoms with Crippen molar-refractivity contribution in [1.82, 2.24) is 25.1 Å². The fraction of sp³-hybridized carbons (Fsp3) is 0.0556. The van der Waals surface area contributed by atoms with Gasteiger partial charge in [-0.25, -0.2) is 19.3 Å². The molecule has 0 aromatic carbocycles. The predicted molar refractivity (Wildman–Crippen MR) is 93.0 cm³/mol. The zero-order valence-corrected chi connectivity index (χ0v) is 13.7. The average Bonchev–Trinajstić information content (AvgIpc) is 3.21. The lowest BCUT2D eigenvalue weighted by atomic mass is 10.2. The zero-order chi connectivity index (χ0) is 17.9. The molecular formula is C18H13FN6O. The summed E-state index contributed by atoms with van der Waals surface area (Å²) in [5.74, 6) is -0.173. The maximum absolute atomic E-state index is 14.1. The zero-order valence-electron chi connectivity index (χ0n) is 13.7. The number of hydrogen-bond acceptors (Lipinski definition) is 7. The van der Waals surface area contributed by atoms with Gasteiger partial charge in [0, 0.05) is 18.5 Å². The van der Waals surface area contributed by atoms with Gasteiger partial charge in [-0.3, -0.25) is 4.98 Å². The SMILES string of the molecule is Cc1nccc(Nc2nccc(-c3cccc(-c4ccon4)n3)n2)c1F. The molecule has 0 bridgehead atoms. The Kier molecular flexibility index (Phi) is 4.06. The first-order valence-electron chi connectivity index (χ1n) is 7.80. The Morgan fingerprint density at radius 1 is 0.885 bits per heavy atom. The van der Waals surface area contributed by atoms with Gasteiger partial charge in [0.25, 0.3) is 0 Å². The number of anilines is 2. The molecule has 4 aromatic heterocycles. The summed E-state index contributed by atoms with van der Waals surface area (Å²) in [5.41, 5.74) is 3.10. The molecule has 0 aliphatic rings. The third-order valence-electron chi connectivity index (χ3n) is 3.68. The molecule has 1 N–H and O–H groups in total. The Labute approximate surface area is 148 Å². The molecule has 0 saturated heterocycles. The number of nitrogens with one attached hydrogen (secondary N) is 1. The van der Waals surface area contributed by atoms with Crippen LogP contribution in [0.5, 0.6) is 0 Å². The number of nitrogens with zero attached hydrogens (tertiary/aromatic N) is 5. The van der Waals surface area contributed by atoms with E-state index in [4.69, 9.17) is 4.52 Å². The van der Waals surface area contributed by atoms with Gasteiger partial charge in [-0.05, 0) is 31.2 Å². The van der Waals surface area contributed by atoms with Crippen LogP contribution in [0.15, 0.2) is 59.6 Å². The molecule has 4 heterocycles. The molecule has 128 valence electrons. The lowest BCUT2D eigenvalue weighted by Crippen LogP contribution is -2.02. The fourth-order valence-electron chi connectivity index (χ4n) is 2.39. The van der Waals surface area contributed by atoms with Crippen molar-refractivity contribution in [1.29, 1.82) is 0 Å². The van der Waals surface area contributed by atoms with Crippen LogP contribution < -0.4 is 5.32 Å². The Balaban J connectivity index is 1.66. The van der Waals surface area contributed by atoms with Crippen molar-refractivity contribution in [2.45, 2.75) is 6.92 Å². The highest BCUT2D eigenvalue weighted by Crippen LogP contribution is 2.22. The number of aromatic nitrogens is 5. The smallest absolute Gasteiger partial charge is 0.227 e. The van der Waals surface area contributed by atoms with E-state index in [1.807, 2.05) is 18.2 Å². The minimum Gasteiger partial charge on any atom is -0.364 e. The van der Waals surface area contributed by atoms with Gasteiger partial charge in [0.05, 0.1) is 28.5 Å².